The molecule has 7 nitrogen and oxygen atoms in total. The maximum absolute atomic E-state index is 13.7. The Kier molecular flexibility index (Phi) is 5.63. The van der Waals surface area contributed by atoms with Crippen molar-refractivity contribution in [2.45, 2.75) is 19.5 Å². The summed E-state index contributed by atoms with van der Waals surface area (Å²) in [6.07, 6.45) is 0. The number of nitrogens with zero attached hydrogens (tertiary/aromatic N) is 3. The average Bonchev–Trinajstić information content (AvgIpc) is 3.19. The van der Waals surface area contributed by atoms with Gasteiger partial charge in [-0.3, -0.25) is 19.5 Å². The highest BCUT2D eigenvalue weighted by atomic mass is 19.3. The van der Waals surface area contributed by atoms with E-state index in [4.69, 9.17) is 0 Å². The van der Waals surface area contributed by atoms with E-state index in [1.807, 2.05) is 0 Å². The second-order valence-electron chi connectivity index (χ2n) is 7.16. The van der Waals surface area contributed by atoms with Crippen LogP contribution in [0.3, 0.4) is 0 Å². The van der Waals surface area contributed by atoms with Crippen LogP contribution in [0.1, 0.15) is 41.3 Å². The molecule has 32 heavy (non-hydrogen) atoms. The average molecular weight is 436 g/mol. The number of nitro groups is 1. The number of halogens is 2. The maximum atomic E-state index is 13.7. The fraction of sp³-hybridized carbons (Fsp3) is 0.130. The smallest absolute Gasteiger partial charge is 0.320 e. The van der Waals surface area contributed by atoms with Crippen LogP contribution in [-0.4, -0.2) is 20.3 Å². The van der Waals surface area contributed by atoms with Gasteiger partial charge in [0.05, 0.1) is 22.0 Å². The number of carbonyl (C=O) groups is 1. The minimum Gasteiger partial charge on any atom is -0.370 e. The Morgan fingerprint density at radius 1 is 1.03 bits per heavy atom. The second kappa shape index (κ2) is 8.54. The molecule has 0 aliphatic carbocycles. The highest BCUT2D eigenvalue weighted by Crippen LogP contribution is 2.32. The molecule has 3 aromatic carbocycles. The number of imidazole rings is 1. The molecule has 0 spiro atoms. The van der Waals surface area contributed by atoms with Crippen LogP contribution in [0.15, 0.2) is 72.8 Å². The van der Waals surface area contributed by atoms with Gasteiger partial charge in [0.2, 0.25) is 0 Å². The molecular weight excluding hydrogens is 418 g/mol. The molecule has 162 valence electrons. The quantitative estimate of drug-likeness (QED) is 0.227. The zero-order valence-corrected chi connectivity index (χ0v) is 16.9. The predicted molar refractivity (Wildman–Crippen MR) is 116 cm³/mol. The number of alkyl halides is 2. The number of carbonyl (C=O) groups excluding carboxylic acids is 1. The molecule has 0 bridgehead atoms. The molecule has 0 aliphatic rings. The third kappa shape index (κ3) is 3.92. The molecule has 0 aliphatic heterocycles. The number of hydrogen-bond donors (Lipinski definition) is 1. The number of anilines is 1. The second-order valence-corrected chi connectivity index (χ2v) is 7.16. The Labute approximate surface area is 181 Å². The lowest BCUT2D eigenvalue weighted by atomic mass is 10.0. The summed E-state index contributed by atoms with van der Waals surface area (Å²) in [6.45, 7) is -1.24. The lowest BCUT2D eigenvalue weighted by Crippen LogP contribution is -2.15. The van der Waals surface area contributed by atoms with Crippen molar-refractivity contribution in [3.63, 3.8) is 0 Å². The van der Waals surface area contributed by atoms with Crippen LogP contribution in [0.2, 0.25) is 0 Å². The molecule has 4 aromatic rings. The van der Waals surface area contributed by atoms with E-state index < -0.39 is 17.5 Å². The van der Waals surface area contributed by atoms with Crippen molar-refractivity contribution in [1.29, 1.82) is 0 Å². The van der Waals surface area contributed by atoms with E-state index in [-0.39, 0.29) is 34.1 Å². The lowest BCUT2D eigenvalue weighted by molar-refractivity contribution is -0.384. The van der Waals surface area contributed by atoms with Crippen LogP contribution in [0, 0.1) is 10.1 Å². The number of fused-ring (bicyclic) bond motifs is 1. The van der Waals surface area contributed by atoms with E-state index in [1.54, 1.807) is 55.5 Å². The van der Waals surface area contributed by atoms with Gasteiger partial charge in [-0.25, -0.2) is 4.98 Å². The summed E-state index contributed by atoms with van der Waals surface area (Å²) in [5.74, 6) is -0.312. The molecule has 0 radical (unpaired) electrons. The van der Waals surface area contributed by atoms with E-state index >= 15 is 0 Å². The summed E-state index contributed by atoms with van der Waals surface area (Å²) in [4.78, 5) is 28.0. The van der Waals surface area contributed by atoms with Crippen molar-refractivity contribution < 1.29 is 18.5 Å². The summed E-state index contributed by atoms with van der Waals surface area (Å²) in [5, 5.41) is 14.6. The third-order valence-corrected chi connectivity index (χ3v) is 5.07. The molecule has 1 atom stereocenters. The number of ketones is 1. The number of para-hydroxylation sites is 2. The molecule has 1 unspecified atom stereocenters. The van der Waals surface area contributed by atoms with Crippen LogP contribution in [-0.2, 0) is 0 Å². The summed E-state index contributed by atoms with van der Waals surface area (Å²) in [5.41, 5.74) is 0.986. The molecule has 1 heterocycles. The monoisotopic (exact) mass is 436 g/mol. The SMILES string of the molecule is CC(Nc1ccc(C(=O)c2ccccc2)cc1[N+](=O)[O-])c1nc2ccccc2n1C(F)F. The minimum absolute atomic E-state index is 0.0416. The Morgan fingerprint density at radius 2 is 1.72 bits per heavy atom. The summed E-state index contributed by atoms with van der Waals surface area (Å²) in [7, 11) is 0. The largest absolute Gasteiger partial charge is 0.370 e. The summed E-state index contributed by atoms with van der Waals surface area (Å²) in [6, 6.07) is 18.2. The Morgan fingerprint density at radius 3 is 2.41 bits per heavy atom. The van der Waals surface area contributed by atoms with E-state index in [2.05, 4.69) is 10.3 Å². The van der Waals surface area contributed by atoms with Gasteiger partial charge in [-0.1, -0.05) is 42.5 Å². The van der Waals surface area contributed by atoms with Crippen molar-refractivity contribution in [2.75, 3.05) is 5.32 Å². The van der Waals surface area contributed by atoms with Crippen LogP contribution >= 0.6 is 0 Å². The fourth-order valence-corrected chi connectivity index (χ4v) is 3.57. The van der Waals surface area contributed by atoms with E-state index in [0.29, 0.717) is 11.1 Å². The minimum atomic E-state index is -2.83. The highest BCUT2D eigenvalue weighted by Gasteiger charge is 2.25. The number of aromatic nitrogens is 2. The Hall–Kier alpha value is -4.14. The van der Waals surface area contributed by atoms with Crippen molar-refractivity contribution in [2.24, 2.45) is 0 Å². The zero-order valence-electron chi connectivity index (χ0n) is 16.9. The van der Waals surface area contributed by atoms with Crippen LogP contribution in [0.5, 0.6) is 0 Å². The van der Waals surface area contributed by atoms with Crippen LogP contribution < -0.4 is 5.32 Å². The van der Waals surface area contributed by atoms with Crippen molar-refractivity contribution in [1.82, 2.24) is 9.55 Å². The first-order valence-corrected chi connectivity index (χ1v) is 9.76. The molecule has 1 aromatic heterocycles. The van der Waals surface area contributed by atoms with Gasteiger partial charge in [-0.15, -0.1) is 0 Å². The molecule has 9 heteroatoms. The van der Waals surface area contributed by atoms with Crippen molar-refractivity contribution in [3.05, 3.63) is 99.9 Å². The number of rotatable bonds is 7. The Balaban J connectivity index is 1.69. The molecule has 4 rings (SSSR count). The molecule has 0 fully saturated rings. The fourth-order valence-electron chi connectivity index (χ4n) is 3.57. The molecule has 0 amide bonds. The predicted octanol–water partition coefficient (Wildman–Crippen LogP) is 5.74. The third-order valence-electron chi connectivity index (χ3n) is 5.07. The van der Waals surface area contributed by atoms with E-state index in [0.717, 1.165) is 4.57 Å². The first kappa shape index (κ1) is 21.1. The van der Waals surface area contributed by atoms with Gasteiger partial charge in [0.15, 0.2) is 5.78 Å². The maximum Gasteiger partial charge on any atom is 0.320 e. The lowest BCUT2D eigenvalue weighted by Gasteiger charge is -2.17. The summed E-state index contributed by atoms with van der Waals surface area (Å²) >= 11 is 0. The molecule has 0 saturated carbocycles. The van der Waals surface area contributed by atoms with Gasteiger partial charge in [-0.05, 0) is 31.2 Å². The van der Waals surface area contributed by atoms with Gasteiger partial charge in [0, 0.05) is 17.2 Å². The first-order chi connectivity index (χ1) is 15.4. The van der Waals surface area contributed by atoms with Crippen molar-refractivity contribution in [3.8, 4) is 0 Å². The molecule has 0 saturated heterocycles. The molecule has 1 N–H and O–H groups in total. The highest BCUT2D eigenvalue weighted by molar-refractivity contribution is 6.09. The van der Waals surface area contributed by atoms with Gasteiger partial charge < -0.3 is 5.32 Å². The van der Waals surface area contributed by atoms with Crippen LogP contribution in [0.25, 0.3) is 11.0 Å². The number of nitro benzene ring substituents is 1. The number of nitrogens with one attached hydrogen (secondary N) is 1. The number of benzene rings is 3. The topological polar surface area (TPSA) is 90.1 Å². The Bertz CT molecular complexity index is 1310. The number of hydrogen-bond acceptors (Lipinski definition) is 5. The van der Waals surface area contributed by atoms with Crippen molar-refractivity contribution >= 4 is 28.2 Å². The standard InChI is InChI=1S/C23H18F2N4O3/c1-14(22-27-17-9-5-6-10-19(17)28(22)23(24)25)26-18-12-11-16(13-20(18)29(31)32)21(30)15-7-3-2-4-8-15/h2-14,23,26H,1H3. The summed E-state index contributed by atoms with van der Waals surface area (Å²) < 4.78 is 28.3. The van der Waals surface area contributed by atoms with Gasteiger partial charge in [0.1, 0.15) is 11.5 Å². The zero-order chi connectivity index (χ0) is 22.8. The van der Waals surface area contributed by atoms with Gasteiger partial charge in [0.25, 0.3) is 5.69 Å². The first-order valence-electron chi connectivity index (χ1n) is 9.76. The molecular formula is C23H18F2N4O3. The van der Waals surface area contributed by atoms with Crippen LogP contribution in [0.4, 0.5) is 20.2 Å². The van der Waals surface area contributed by atoms with E-state index in [1.165, 1.54) is 24.3 Å². The van der Waals surface area contributed by atoms with E-state index in [9.17, 15) is 23.7 Å². The van der Waals surface area contributed by atoms with Gasteiger partial charge in [-0.2, -0.15) is 8.78 Å². The van der Waals surface area contributed by atoms with Gasteiger partial charge >= 0.3 is 6.55 Å². The normalized spacial score (nSPS) is 12.1.